The Morgan fingerprint density at radius 2 is 1.72 bits per heavy atom. The van der Waals surface area contributed by atoms with Crippen molar-refractivity contribution in [3.05, 3.63) is 23.3 Å². The Hall–Kier alpha value is -0.713. The zero-order valence-corrected chi connectivity index (χ0v) is 26.5. The maximum atomic E-state index is 7.16. The Labute approximate surface area is 228 Å². The first-order chi connectivity index (χ1) is 16.6. The van der Waals surface area contributed by atoms with Gasteiger partial charge in [0, 0.05) is 17.4 Å². The Bertz CT molecular complexity index is 889. The minimum absolute atomic E-state index is 0.0538. The second-order valence-corrected chi connectivity index (χ2v) is 19.4. The van der Waals surface area contributed by atoms with E-state index in [2.05, 4.69) is 73.7 Å². The molecule has 1 saturated carbocycles. The van der Waals surface area contributed by atoms with E-state index in [0.29, 0.717) is 17.8 Å². The normalized spacial score (nSPS) is 24.0. The van der Waals surface area contributed by atoms with Gasteiger partial charge in [-0.15, -0.1) is 11.6 Å². The molecule has 3 nitrogen and oxygen atoms in total. The zero-order valence-electron chi connectivity index (χ0n) is 24.7. The quantitative estimate of drug-likeness (QED) is 0.184. The van der Waals surface area contributed by atoms with Crippen molar-refractivity contribution in [2.24, 2.45) is 17.6 Å². The van der Waals surface area contributed by atoms with Crippen molar-refractivity contribution in [1.82, 2.24) is 0 Å². The van der Waals surface area contributed by atoms with Crippen LogP contribution in [0.3, 0.4) is 0 Å². The lowest BCUT2D eigenvalue weighted by atomic mass is 9.63. The summed E-state index contributed by atoms with van der Waals surface area (Å²) in [6.45, 7) is 21.8. The van der Waals surface area contributed by atoms with Crippen LogP contribution in [0.1, 0.15) is 117 Å². The molecule has 3 rings (SSSR count). The van der Waals surface area contributed by atoms with E-state index in [1.165, 1.54) is 43.2 Å². The Kier molecular flexibility index (Phi) is 9.27. The topological polar surface area (TPSA) is 44.5 Å². The molecular formula is C31H54ClNO2Si. The van der Waals surface area contributed by atoms with Crippen LogP contribution in [0, 0.1) is 11.8 Å². The first-order valence-corrected chi connectivity index (χ1v) is 17.9. The molecule has 0 amide bonds. The molecule has 1 aliphatic heterocycles. The van der Waals surface area contributed by atoms with Gasteiger partial charge in [-0.3, -0.25) is 0 Å². The first-order valence-electron chi connectivity index (χ1n) is 14.5. The maximum absolute atomic E-state index is 7.16. The largest absolute Gasteiger partial charge is 0.543 e. The van der Waals surface area contributed by atoms with Crippen LogP contribution < -0.4 is 14.9 Å². The number of ether oxygens (including phenoxy) is 1. The average molecular weight is 536 g/mol. The number of hydrogen-bond donors (Lipinski definition) is 1. The van der Waals surface area contributed by atoms with E-state index in [4.69, 9.17) is 26.5 Å². The maximum Gasteiger partial charge on any atom is 0.250 e. The summed E-state index contributed by atoms with van der Waals surface area (Å²) >= 11 is 5.89. The van der Waals surface area contributed by atoms with E-state index in [1.807, 2.05) is 0 Å². The number of hydrogen-bond acceptors (Lipinski definition) is 3. The van der Waals surface area contributed by atoms with E-state index in [0.717, 1.165) is 43.2 Å². The fourth-order valence-electron chi connectivity index (χ4n) is 6.10. The van der Waals surface area contributed by atoms with Gasteiger partial charge in [-0.2, -0.15) is 0 Å². The number of unbranched alkanes of at least 4 members (excludes halogenated alkanes) is 3. The monoisotopic (exact) mass is 535 g/mol. The predicted octanol–water partition coefficient (Wildman–Crippen LogP) is 9.17. The number of halogens is 1. The highest BCUT2D eigenvalue weighted by molar-refractivity contribution is 6.74. The second kappa shape index (κ2) is 11.2. The van der Waals surface area contributed by atoms with Gasteiger partial charge in [0.15, 0.2) is 0 Å². The number of nitrogens with two attached hydrogens (primary N) is 1. The molecule has 36 heavy (non-hydrogen) atoms. The molecule has 2 aliphatic rings. The SMILES string of the molecule is CC(C)(CCCCCCCl)c1cc2c(c(O[Si](C)(C)C(C)(C)C)c1)[C@@H]1C[C@H](CN)CC[C@H]1C(C)(C)O2. The van der Waals surface area contributed by atoms with Gasteiger partial charge in [-0.05, 0) is 106 Å². The molecule has 1 aromatic rings. The Morgan fingerprint density at radius 1 is 1.06 bits per heavy atom. The van der Waals surface area contributed by atoms with Crippen molar-refractivity contribution in [3.8, 4) is 11.5 Å². The van der Waals surface area contributed by atoms with Crippen molar-refractivity contribution >= 4 is 19.9 Å². The summed E-state index contributed by atoms with van der Waals surface area (Å²) in [6.07, 6.45) is 9.45. The van der Waals surface area contributed by atoms with Crippen molar-refractivity contribution < 1.29 is 9.16 Å². The van der Waals surface area contributed by atoms with Crippen molar-refractivity contribution in [2.45, 2.75) is 135 Å². The highest BCUT2D eigenvalue weighted by Gasteiger charge is 2.49. The van der Waals surface area contributed by atoms with Gasteiger partial charge in [0.25, 0.3) is 0 Å². The molecular weight excluding hydrogens is 482 g/mol. The third-order valence-electron chi connectivity index (χ3n) is 9.67. The zero-order chi connectivity index (χ0) is 26.9. The molecule has 0 aromatic heterocycles. The van der Waals surface area contributed by atoms with E-state index >= 15 is 0 Å². The first kappa shape index (κ1) is 29.8. The molecule has 0 unspecified atom stereocenters. The van der Waals surface area contributed by atoms with Crippen molar-refractivity contribution in [2.75, 3.05) is 12.4 Å². The minimum atomic E-state index is -2.04. The summed E-state index contributed by atoms with van der Waals surface area (Å²) in [4.78, 5) is 0. The number of rotatable bonds is 10. The summed E-state index contributed by atoms with van der Waals surface area (Å²) in [7, 11) is -2.04. The van der Waals surface area contributed by atoms with Crippen LogP contribution in [0.25, 0.3) is 0 Å². The summed E-state index contributed by atoms with van der Waals surface area (Å²) < 4.78 is 14.0. The van der Waals surface area contributed by atoms with Gasteiger partial charge in [-0.25, -0.2) is 0 Å². The Balaban J connectivity index is 2.07. The molecule has 1 aromatic carbocycles. The molecule has 0 bridgehead atoms. The lowest BCUT2D eigenvalue weighted by molar-refractivity contribution is -0.0151. The molecule has 0 saturated heterocycles. The third-order valence-corrected chi connectivity index (χ3v) is 14.3. The third kappa shape index (κ3) is 6.46. The van der Waals surface area contributed by atoms with Crippen molar-refractivity contribution in [3.63, 3.8) is 0 Å². The van der Waals surface area contributed by atoms with E-state index in [-0.39, 0.29) is 16.1 Å². The summed E-state index contributed by atoms with van der Waals surface area (Å²) in [5.74, 6) is 4.43. The average Bonchev–Trinajstić information content (AvgIpc) is 2.76. The number of alkyl halides is 1. The van der Waals surface area contributed by atoms with E-state index < -0.39 is 8.32 Å². The number of fused-ring (bicyclic) bond motifs is 3. The summed E-state index contributed by atoms with van der Waals surface area (Å²) in [5, 5.41) is 0.133. The minimum Gasteiger partial charge on any atom is -0.543 e. The van der Waals surface area contributed by atoms with Crippen LogP contribution in [0.5, 0.6) is 11.5 Å². The van der Waals surface area contributed by atoms with Gasteiger partial charge in [0.05, 0.1) is 0 Å². The fourth-order valence-corrected chi connectivity index (χ4v) is 7.31. The second-order valence-electron chi connectivity index (χ2n) is 14.3. The number of benzene rings is 1. The highest BCUT2D eigenvalue weighted by atomic mass is 35.5. The summed E-state index contributed by atoms with van der Waals surface area (Å²) in [6, 6.07) is 4.75. The smallest absolute Gasteiger partial charge is 0.250 e. The van der Waals surface area contributed by atoms with Crippen molar-refractivity contribution in [1.29, 1.82) is 0 Å². The molecule has 5 heteroatoms. The van der Waals surface area contributed by atoms with Gasteiger partial charge >= 0.3 is 0 Å². The van der Waals surface area contributed by atoms with Gasteiger partial charge in [0.2, 0.25) is 8.32 Å². The van der Waals surface area contributed by atoms with Gasteiger partial charge in [-0.1, -0.05) is 53.9 Å². The van der Waals surface area contributed by atoms with Gasteiger partial charge < -0.3 is 14.9 Å². The Morgan fingerprint density at radius 3 is 2.33 bits per heavy atom. The van der Waals surface area contributed by atoms with Crippen LogP contribution in [0.4, 0.5) is 0 Å². The predicted molar refractivity (Wildman–Crippen MR) is 158 cm³/mol. The molecule has 1 heterocycles. The molecule has 3 atom stereocenters. The fraction of sp³-hybridized carbons (Fsp3) is 0.806. The molecule has 206 valence electrons. The van der Waals surface area contributed by atoms with Crippen LogP contribution >= 0.6 is 11.6 Å². The molecule has 1 fully saturated rings. The van der Waals surface area contributed by atoms with Crippen LogP contribution in [0.15, 0.2) is 12.1 Å². The molecule has 0 spiro atoms. The van der Waals surface area contributed by atoms with Crippen LogP contribution in [0.2, 0.25) is 18.1 Å². The highest BCUT2D eigenvalue weighted by Crippen LogP contribution is 2.57. The summed E-state index contributed by atoms with van der Waals surface area (Å²) in [5.41, 5.74) is 8.74. The lowest BCUT2D eigenvalue weighted by Gasteiger charge is -2.50. The van der Waals surface area contributed by atoms with Gasteiger partial charge in [0.1, 0.15) is 17.1 Å². The lowest BCUT2D eigenvalue weighted by Crippen LogP contribution is -2.48. The molecule has 1 aliphatic carbocycles. The standard InChI is InChI=1S/C31H54ClNO2Si/c1-29(2,3)36(8,9)35-27-20-23(30(4,5)16-12-10-11-13-17-32)19-26-28(27)24-18-22(21-33)14-15-25(24)31(6,7)34-26/h19-20,22,24-25H,10-18,21,33H2,1-9H3/t22-,24-,25-/m1/s1. The van der Waals surface area contributed by atoms with Crippen LogP contribution in [-0.2, 0) is 5.41 Å². The van der Waals surface area contributed by atoms with E-state index in [9.17, 15) is 0 Å². The van der Waals surface area contributed by atoms with E-state index in [1.54, 1.807) is 0 Å². The molecule has 0 radical (unpaired) electrons. The molecule has 2 N–H and O–H groups in total. The van der Waals surface area contributed by atoms with Crippen LogP contribution in [-0.4, -0.2) is 26.3 Å².